The topological polar surface area (TPSA) is 70.4 Å². The molecule has 2 N–H and O–H groups in total. The molecule has 1 rings (SSSR count). The first kappa shape index (κ1) is 14.0. The summed E-state index contributed by atoms with van der Waals surface area (Å²) in [7, 11) is 0. The van der Waals surface area contributed by atoms with Gasteiger partial charge in [-0.05, 0) is 18.6 Å². The average Bonchev–Trinajstić information content (AvgIpc) is 2.76. The first-order valence-corrected chi connectivity index (χ1v) is 5.94. The lowest BCUT2D eigenvalue weighted by atomic mass is 10.1. The molecule has 6 heteroatoms. The van der Waals surface area contributed by atoms with E-state index < -0.39 is 18.6 Å². The normalized spacial score (nSPS) is 13.8. The van der Waals surface area contributed by atoms with E-state index >= 15 is 0 Å². The third-order valence-corrected chi connectivity index (χ3v) is 3.03. The lowest BCUT2D eigenvalue weighted by molar-refractivity contribution is -0.121. The Morgan fingerprint density at radius 2 is 2.41 bits per heavy atom. The lowest BCUT2D eigenvalue weighted by Gasteiger charge is -2.08. The van der Waals surface area contributed by atoms with E-state index in [0.29, 0.717) is 16.3 Å². The number of aromatic nitrogens is 1. The van der Waals surface area contributed by atoms with Gasteiger partial charge in [-0.3, -0.25) is 4.79 Å². The predicted octanol–water partition coefficient (Wildman–Crippen LogP) is 1.33. The number of hydrogen-bond acceptors (Lipinski definition) is 5. The molecule has 0 saturated carbocycles. The molecule has 4 nitrogen and oxygen atoms in total. The van der Waals surface area contributed by atoms with Gasteiger partial charge in [0.05, 0.1) is 18.4 Å². The van der Waals surface area contributed by atoms with Gasteiger partial charge in [0.2, 0.25) is 0 Å². The van der Waals surface area contributed by atoms with Crippen molar-refractivity contribution < 1.29 is 19.4 Å². The van der Waals surface area contributed by atoms with Gasteiger partial charge in [0.15, 0.2) is 5.78 Å². The molecule has 0 aliphatic heterocycles. The van der Waals surface area contributed by atoms with E-state index in [2.05, 4.69) is 4.98 Å². The fourth-order valence-corrected chi connectivity index (χ4v) is 1.83. The second-order valence-electron chi connectivity index (χ2n) is 3.60. The van der Waals surface area contributed by atoms with E-state index in [1.165, 1.54) is 11.3 Å². The molecule has 0 aliphatic carbocycles. The fraction of sp³-hybridized carbons (Fsp3) is 0.455. The van der Waals surface area contributed by atoms with Crippen molar-refractivity contribution in [2.24, 2.45) is 0 Å². The average molecular weight is 259 g/mol. The van der Waals surface area contributed by atoms with Gasteiger partial charge in [-0.1, -0.05) is 0 Å². The van der Waals surface area contributed by atoms with Gasteiger partial charge >= 0.3 is 0 Å². The highest BCUT2D eigenvalue weighted by molar-refractivity contribution is 7.09. The number of aliphatic hydroxyl groups is 2. The molecule has 94 valence electrons. The van der Waals surface area contributed by atoms with Gasteiger partial charge in [-0.25, -0.2) is 9.37 Å². The van der Waals surface area contributed by atoms with Crippen LogP contribution in [0.1, 0.15) is 24.0 Å². The smallest absolute Gasteiger partial charge is 0.166 e. The van der Waals surface area contributed by atoms with E-state index in [-0.39, 0.29) is 13.0 Å². The van der Waals surface area contributed by atoms with Crippen LogP contribution in [0.15, 0.2) is 11.0 Å². The van der Waals surface area contributed by atoms with Gasteiger partial charge < -0.3 is 10.2 Å². The summed E-state index contributed by atoms with van der Waals surface area (Å²) in [5.74, 6) is -0.625. The number of nitrogens with zero attached hydrogens (tertiary/aromatic N) is 1. The van der Waals surface area contributed by atoms with Crippen LogP contribution in [0.3, 0.4) is 0 Å². The minimum atomic E-state index is -1.06. The number of aliphatic hydroxyl groups excluding tert-OH is 2. The van der Waals surface area contributed by atoms with Crippen molar-refractivity contribution in [3.63, 3.8) is 0 Å². The van der Waals surface area contributed by atoms with E-state index in [4.69, 9.17) is 5.11 Å². The van der Waals surface area contributed by atoms with Gasteiger partial charge in [0.1, 0.15) is 11.7 Å². The second kappa shape index (κ2) is 6.58. The molecule has 0 aromatic carbocycles. The number of hydrogen-bond donors (Lipinski definition) is 2. The second-order valence-corrected chi connectivity index (χ2v) is 4.55. The highest BCUT2D eigenvalue weighted by atomic mass is 32.1. The third kappa shape index (κ3) is 4.33. The molecule has 17 heavy (non-hydrogen) atoms. The van der Waals surface area contributed by atoms with Gasteiger partial charge in [0.25, 0.3) is 0 Å². The Kier molecular flexibility index (Phi) is 5.40. The Labute approximate surface area is 102 Å². The first-order valence-electron chi connectivity index (χ1n) is 5.06. The number of carbonyl (C=O) groups is 1. The Morgan fingerprint density at radius 3 is 2.94 bits per heavy atom. The van der Waals surface area contributed by atoms with Crippen LogP contribution in [0.2, 0.25) is 0 Å². The summed E-state index contributed by atoms with van der Waals surface area (Å²) in [6, 6.07) is 0. The molecule has 0 radical (unpaired) electrons. The van der Waals surface area contributed by atoms with Crippen LogP contribution in [0.25, 0.3) is 6.08 Å². The van der Waals surface area contributed by atoms with Crippen molar-refractivity contribution in [3.05, 3.63) is 21.7 Å². The fourth-order valence-electron chi connectivity index (χ4n) is 1.22. The zero-order valence-electron chi connectivity index (χ0n) is 9.39. The molecule has 1 unspecified atom stereocenters. The maximum absolute atomic E-state index is 12.0. The van der Waals surface area contributed by atoms with Crippen molar-refractivity contribution in [1.29, 1.82) is 0 Å². The van der Waals surface area contributed by atoms with Crippen LogP contribution in [-0.2, 0) is 11.4 Å². The van der Waals surface area contributed by atoms with E-state index in [0.717, 1.165) is 0 Å². The maximum Gasteiger partial charge on any atom is 0.166 e. The van der Waals surface area contributed by atoms with Crippen molar-refractivity contribution in [3.8, 4) is 0 Å². The molecular formula is C11H14FNO3S. The molecular weight excluding hydrogens is 245 g/mol. The third-order valence-electron chi connectivity index (χ3n) is 2.18. The predicted molar refractivity (Wildman–Crippen MR) is 63.3 cm³/mol. The maximum atomic E-state index is 12.0. The monoisotopic (exact) mass is 259 g/mol. The largest absolute Gasteiger partial charge is 0.389 e. The van der Waals surface area contributed by atoms with Crippen LogP contribution in [0.5, 0.6) is 0 Å². The molecule has 1 heterocycles. The van der Waals surface area contributed by atoms with Gasteiger partial charge in [-0.15, -0.1) is 11.3 Å². The van der Waals surface area contributed by atoms with Gasteiger partial charge in [0, 0.05) is 11.8 Å². The van der Waals surface area contributed by atoms with Crippen molar-refractivity contribution in [2.75, 3.05) is 6.67 Å². The van der Waals surface area contributed by atoms with Crippen molar-refractivity contribution in [2.45, 2.75) is 26.1 Å². The highest BCUT2D eigenvalue weighted by Crippen LogP contribution is 2.15. The number of carbonyl (C=O) groups excluding carboxylic acids is 1. The molecule has 0 spiro atoms. The zero-order valence-corrected chi connectivity index (χ0v) is 10.2. The molecule has 0 aliphatic rings. The molecule has 0 amide bonds. The van der Waals surface area contributed by atoms with Crippen LogP contribution in [0, 0.1) is 0 Å². The van der Waals surface area contributed by atoms with Gasteiger partial charge in [-0.2, -0.15) is 0 Å². The Morgan fingerprint density at radius 1 is 1.71 bits per heavy atom. The van der Waals surface area contributed by atoms with Crippen LogP contribution < -0.4 is 0 Å². The summed E-state index contributed by atoms with van der Waals surface area (Å²) < 4.78 is 12.0. The number of thiazole rings is 1. The van der Waals surface area contributed by atoms with E-state index in [9.17, 15) is 14.3 Å². The summed E-state index contributed by atoms with van der Waals surface area (Å²) in [6.07, 6.45) is 0.402. The highest BCUT2D eigenvalue weighted by Gasteiger charge is 2.12. The Hall–Kier alpha value is -1.11. The molecule has 0 bridgehead atoms. The minimum absolute atomic E-state index is 0.125. The number of ketones is 1. The lowest BCUT2D eigenvalue weighted by Crippen LogP contribution is -2.15. The number of halogens is 1. The zero-order chi connectivity index (χ0) is 12.8. The van der Waals surface area contributed by atoms with E-state index in [1.54, 1.807) is 18.4 Å². The summed E-state index contributed by atoms with van der Waals surface area (Å²) in [5, 5.41) is 20.8. The number of rotatable bonds is 6. The van der Waals surface area contributed by atoms with Crippen LogP contribution in [0.4, 0.5) is 4.39 Å². The first-order chi connectivity index (χ1) is 8.06. The molecule has 1 atom stereocenters. The Bertz CT molecular complexity index is 417. The number of Topliss-reactive ketones (excluding diaryl/α,β-unsaturated/α-hetero) is 1. The summed E-state index contributed by atoms with van der Waals surface area (Å²) in [5.41, 5.74) is 1.16. The summed E-state index contributed by atoms with van der Waals surface area (Å²) in [6.45, 7) is 0.463. The standard InChI is InChI=1S/C11H14FNO3S/c1-7(10(16)3-9(15)4-12)2-8-6-17-11(5-14)13-8/h2,6,10,14,16H,3-5H2,1H3/b7-2+. The van der Waals surface area contributed by atoms with Crippen LogP contribution >= 0.6 is 11.3 Å². The molecule has 1 aromatic rings. The SMILES string of the molecule is C/C(=C\c1csc(CO)n1)C(O)CC(=O)CF. The minimum Gasteiger partial charge on any atom is -0.389 e. The van der Waals surface area contributed by atoms with Crippen molar-refractivity contribution >= 4 is 23.2 Å². The molecule has 1 aromatic heterocycles. The summed E-state index contributed by atoms with van der Waals surface area (Å²) in [4.78, 5) is 14.9. The molecule has 0 fully saturated rings. The van der Waals surface area contributed by atoms with Crippen molar-refractivity contribution in [1.82, 2.24) is 4.98 Å². The van der Waals surface area contributed by atoms with Crippen LogP contribution in [-0.4, -0.2) is 33.8 Å². The van der Waals surface area contributed by atoms with E-state index in [1.807, 2.05) is 0 Å². The quantitative estimate of drug-likeness (QED) is 0.808. The molecule has 0 saturated heterocycles. The number of alkyl halides is 1. The summed E-state index contributed by atoms with van der Waals surface area (Å²) >= 11 is 1.31. The Balaban J connectivity index is 2.67.